The number of nitrogens with one attached hydrogen (secondary N) is 1. The molecule has 0 saturated heterocycles. The normalized spacial score (nSPS) is 11.5. The number of benzene rings is 3. The predicted octanol–water partition coefficient (Wildman–Crippen LogP) is 3.96. The summed E-state index contributed by atoms with van der Waals surface area (Å²) < 4.78 is 27.5. The number of aromatic nitrogens is 1. The van der Waals surface area contributed by atoms with Crippen LogP contribution < -0.4 is 30.0 Å². The molecule has 0 aliphatic heterocycles. The van der Waals surface area contributed by atoms with Crippen molar-refractivity contribution in [3.63, 3.8) is 0 Å². The first-order chi connectivity index (χ1) is 17.5. The molecule has 0 aliphatic rings. The molecule has 1 unspecified atom stereocenters. The number of hydrogen-bond donors (Lipinski definition) is 2. The quantitative estimate of drug-likeness (QED) is 0.364. The summed E-state index contributed by atoms with van der Waals surface area (Å²) in [7, 11) is 6.18. The van der Waals surface area contributed by atoms with Gasteiger partial charge in [0.05, 0.1) is 40.3 Å². The van der Waals surface area contributed by atoms with Crippen LogP contribution in [0.3, 0.4) is 0 Å². The molecule has 186 valence electrons. The molecular formula is C27H28N3O6+. The second-order valence-electron chi connectivity index (χ2n) is 7.85. The Labute approximate surface area is 208 Å². The van der Waals surface area contributed by atoms with Crippen molar-refractivity contribution in [1.82, 2.24) is 5.16 Å². The Hall–Kier alpha value is -4.50. The van der Waals surface area contributed by atoms with Crippen LogP contribution in [0.1, 0.15) is 11.6 Å². The monoisotopic (exact) mass is 490 g/mol. The third-order valence-corrected chi connectivity index (χ3v) is 5.78. The van der Waals surface area contributed by atoms with Crippen LogP contribution >= 0.6 is 0 Å². The van der Waals surface area contributed by atoms with Crippen LogP contribution in [-0.4, -0.2) is 39.5 Å². The third-order valence-electron chi connectivity index (χ3n) is 5.78. The van der Waals surface area contributed by atoms with Gasteiger partial charge in [0.1, 0.15) is 5.75 Å². The highest BCUT2D eigenvalue weighted by Gasteiger charge is 2.23. The van der Waals surface area contributed by atoms with Gasteiger partial charge in [0.15, 0.2) is 23.3 Å². The van der Waals surface area contributed by atoms with E-state index in [9.17, 15) is 4.79 Å². The van der Waals surface area contributed by atoms with E-state index in [1.165, 1.54) is 0 Å². The predicted molar refractivity (Wildman–Crippen MR) is 134 cm³/mol. The van der Waals surface area contributed by atoms with Gasteiger partial charge < -0.3 is 34.5 Å². The second-order valence-corrected chi connectivity index (χ2v) is 7.85. The summed E-state index contributed by atoms with van der Waals surface area (Å²) in [5.41, 5.74) is 7.48. The standard InChI is InChI=1S/C27H27N3O6/c1-32-21-11-10-17(12-20(21)30-27(31)24(28)16-8-6-5-7-9-16)19-15-29-36-25(19)18-13-22(33-2)26(35-4)23(14-18)34-3/h5-15,24H,28H2,1-4H3,(H,30,31)/p+1. The number of ether oxygens (including phenoxy) is 4. The zero-order valence-electron chi connectivity index (χ0n) is 20.5. The minimum Gasteiger partial charge on any atom is -0.495 e. The number of carbonyl (C=O) groups excluding carboxylic acids is 1. The number of hydrogen-bond acceptors (Lipinski definition) is 7. The van der Waals surface area contributed by atoms with Crippen LogP contribution in [0.15, 0.2) is 71.4 Å². The van der Waals surface area contributed by atoms with Gasteiger partial charge in [0, 0.05) is 16.7 Å². The number of quaternary nitrogens is 1. The molecule has 4 aromatic rings. The number of amides is 1. The summed E-state index contributed by atoms with van der Waals surface area (Å²) in [5.74, 6) is 2.19. The fourth-order valence-electron chi connectivity index (χ4n) is 3.90. The highest BCUT2D eigenvalue weighted by atomic mass is 16.5. The Balaban J connectivity index is 1.71. The summed E-state index contributed by atoms with van der Waals surface area (Å²) in [6.07, 6.45) is 1.61. The zero-order valence-corrected chi connectivity index (χ0v) is 20.5. The maximum Gasteiger partial charge on any atom is 0.287 e. The van der Waals surface area contributed by atoms with Gasteiger partial charge in [-0.25, -0.2) is 0 Å². The average Bonchev–Trinajstić information content (AvgIpc) is 3.42. The molecule has 4 rings (SSSR count). The topological polar surface area (TPSA) is 120 Å². The Morgan fingerprint density at radius 3 is 2.14 bits per heavy atom. The molecule has 0 spiro atoms. The highest BCUT2D eigenvalue weighted by Crippen LogP contribution is 2.44. The Morgan fingerprint density at radius 2 is 1.53 bits per heavy atom. The third kappa shape index (κ3) is 4.82. The van der Waals surface area contributed by atoms with E-state index in [2.05, 4.69) is 16.2 Å². The number of methoxy groups -OCH3 is 4. The largest absolute Gasteiger partial charge is 0.495 e. The molecule has 1 atom stereocenters. The zero-order chi connectivity index (χ0) is 25.7. The van der Waals surface area contributed by atoms with Crippen molar-refractivity contribution in [1.29, 1.82) is 0 Å². The summed E-state index contributed by atoms with van der Waals surface area (Å²) in [4.78, 5) is 13.0. The molecule has 0 saturated carbocycles. The molecule has 36 heavy (non-hydrogen) atoms. The SMILES string of the molecule is COc1ccc(-c2cnoc2-c2cc(OC)c(OC)c(OC)c2)cc1NC(=O)C([NH3+])c1ccccc1. The van der Waals surface area contributed by atoms with Gasteiger partial charge in [-0.3, -0.25) is 4.79 Å². The van der Waals surface area contributed by atoms with Gasteiger partial charge in [-0.15, -0.1) is 0 Å². The minimum atomic E-state index is -0.593. The van der Waals surface area contributed by atoms with E-state index in [0.29, 0.717) is 45.6 Å². The van der Waals surface area contributed by atoms with E-state index in [-0.39, 0.29) is 5.91 Å². The highest BCUT2D eigenvalue weighted by molar-refractivity contribution is 5.97. The van der Waals surface area contributed by atoms with Crippen molar-refractivity contribution in [2.75, 3.05) is 33.8 Å². The Kier molecular flexibility index (Phi) is 7.41. The number of carbonyl (C=O) groups is 1. The smallest absolute Gasteiger partial charge is 0.287 e. The maximum absolute atomic E-state index is 13.0. The summed E-state index contributed by atoms with van der Waals surface area (Å²) in [6.45, 7) is 0. The van der Waals surface area contributed by atoms with Crippen molar-refractivity contribution in [2.45, 2.75) is 6.04 Å². The Bertz CT molecular complexity index is 1330. The lowest BCUT2D eigenvalue weighted by molar-refractivity contribution is -0.408. The molecule has 0 bridgehead atoms. The number of rotatable bonds is 9. The van der Waals surface area contributed by atoms with Crippen LogP contribution in [-0.2, 0) is 4.79 Å². The molecule has 1 aromatic heterocycles. The molecular weight excluding hydrogens is 462 g/mol. The first-order valence-electron chi connectivity index (χ1n) is 11.1. The van der Waals surface area contributed by atoms with Gasteiger partial charge in [0.2, 0.25) is 5.75 Å². The molecule has 4 N–H and O–H groups in total. The lowest BCUT2D eigenvalue weighted by Crippen LogP contribution is -2.58. The minimum absolute atomic E-state index is 0.258. The van der Waals surface area contributed by atoms with Gasteiger partial charge in [0.25, 0.3) is 5.91 Å². The number of nitrogens with zero attached hydrogens (tertiary/aromatic N) is 1. The fourth-order valence-corrected chi connectivity index (χ4v) is 3.90. The molecule has 0 aliphatic carbocycles. The van der Waals surface area contributed by atoms with Gasteiger partial charge in [-0.05, 0) is 29.8 Å². The average molecular weight is 491 g/mol. The summed E-state index contributed by atoms with van der Waals surface area (Å²) in [6, 6.07) is 17.8. The molecule has 0 fully saturated rings. The van der Waals surface area contributed by atoms with E-state index in [4.69, 9.17) is 23.5 Å². The van der Waals surface area contributed by atoms with E-state index >= 15 is 0 Å². The van der Waals surface area contributed by atoms with Crippen LogP contribution in [0.2, 0.25) is 0 Å². The van der Waals surface area contributed by atoms with Gasteiger partial charge >= 0.3 is 0 Å². The van der Waals surface area contributed by atoms with Gasteiger partial charge in [-0.1, -0.05) is 41.6 Å². The second kappa shape index (κ2) is 10.8. The van der Waals surface area contributed by atoms with Crippen LogP contribution in [0.5, 0.6) is 23.0 Å². The number of anilines is 1. The van der Waals surface area contributed by atoms with Crippen molar-refractivity contribution >= 4 is 11.6 Å². The first-order valence-corrected chi connectivity index (χ1v) is 11.1. The molecule has 9 nitrogen and oxygen atoms in total. The lowest BCUT2D eigenvalue weighted by atomic mass is 10.0. The maximum atomic E-state index is 13.0. The van der Waals surface area contributed by atoms with Crippen molar-refractivity contribution < 1.29 is 34.0 Å². The summed E-state index contributed by atoms with van der Waals surface area (Å²) >= 11 is 0. The molecule has 1 amide bonds. The van der Waals surface area contributed by atoms with Crippen LogP contribution in [0.4, 0.5) is 5.69 Å². The summed E-state index contributed by atoms with van der Waals surface area (Å²) in [5, 5.41) is 6.95. The van der Waals surface area contributed by atoms with Crippen molar-refractivity contribution in [2.24, 2.45) is 0 Å². The van der Waals surface area contributed by atoms with Crippen molar-refractivity contribution in [3.8, 4) is 45.4 Å². The van der Waals surface area contributed by atoms with Crippen LogP contribution in [0.25, 0.3) is 22.5 Å². The Morgan fingerprint density at radius 1 is 0.861 bits per heavy atom. The first kappa shape index (κ1) is 24.6. The van der Waals surface area contributed by atoms with E-state index < -0.39 is 6.04 Å². The molecule has 0 radical (unpaired) electrons. The van der Waals surface area contributed by atoms with E-state index in [1.54, 1.807) is 52.8 Å². The molecule has 1 heterocycles. The van der Waals surface area contributed by atoms with E-state index in [1.807, 2.05) is 42.5 Å². The molecule has 9 heteroatoms. The van der Waals surface area contributed by atoms with Crippen molar-refractivity contribution in [3.05, 3.63) is 72.4 Å². The fraction of sp³-hybridized carbons (Fsp3) is 0.185. The molecule has 3 aromatic carbocycles. The van der Waals surface area contributed by atoms with E-state index in [0.717, 1.165) is 11.1 Å². The lowest BCUT2D eigenvalue weighted by Gasteiger charge is -2.15. The van der Waals surface area contributed by atoms with Gasteiger partial charge in [-0.2, -0.15) is 0 Å². The van der Waals surface area contributed by atoms with Crippen LogP contribution in [0, 0.1) is 0 Å².